The van der Waals surface area contributed by atoms with Crippen LogP contribution in [0.15, 0.2) is 29.2 Å². The summed E-state index contributed by atoms with van der Waals surface area (Å²) in [5.74, 6) is -1.86. The molecule has 0 radical (unpaired) electrons. The molecule has 0 aromatic heterocycles. The standard InChI is InChI=1S/C14H17FN2O5S/c15-11-1-3-12(4-2-11)23(21,22)17-9-7-16(8-10-17)13(18)5-6-14(19)20/h1-4H,5-10H2,(H,19,20). The van der Waals surface area contributed by atoms with Gasteiger partial charge in [0.2, 0.25) is 15.9 Å². The third-order valence-corrected chi connectivity index (χ3v) is 5.51. The number of amides is 1. The molecule has 1 aliphatic rings. The Balaban J connectivity index is 1.97. The molecule has 0 saturated carbocycles. The number of aliphatic carboxylic acids is 1. The molecule has 1 saturated heterocycles. The number of carbonyl (C=O) groups excluding carboxylic acids is 1. The molecule has 0 bridgehead atoms. The molecule has 0 spiro atoms. The number of carboxylic acids is 1. The van der Waals surface area contributed by atoms with E-state index in [2.05, 4.69) is 0 Å². The van der Waals surface area contributed by atoms with Crippen LogP contribution in [0.2, 0.25) is 0 Å². The van der Waals surface area contributed by atoms with E-state index in [0.29, 0.717) is 0 Å². The van der Waals surface area contributed by atoms with Crippen molar-refractivity contribution in [2.75, 3.05) is 26.2 Å². The topological polar surface area (TPSA) is 95.0 Å². The number of benzene rings is 1. The fourth-order valence-corrected chi connectivity index (χ4v) is 3.73. The van der Waals surface area contributed by atoms with Gasteiger partial charge in [-0.2, -0.15) is 4.31 Å². The van der Waals surface area contributed by atoms with Gasteiger partial charge < -0.3 is 10.0 Å². The van der Waals surface area contributed by atoms with Crippen molar-refractivity contribution in [3.63, 3.8) is 0 Å². The molecular weight excluding hydrogens is 327 g/mol. The van der Waals surface area contributed by atoms with E-state index in [0.717, 1.165) is 12.1 Å². The molecule has 1 aromatic rings. The first kappa shape index (κ1) is 17.4. The number of hydrogen-bond donors (Lipinski definition) is 1. The van der Waals surface area contributed by atoms with E-state index in [9.17, 15) is 22.4 Å². The Morgan fingerprint density at radius 3 is 2.13 bits per heavy atom. The molecular formula is C14H17FN2O5S. The van der Waals surface area contributed by atoms with Crippen LogP contribution in [0.1, 0.15) is 12.8 Å². The van der Waals surface area contributed by atoms with Crippen molar-refractivity contribution < 1.29 is 27.5 Å². The Kier molecular flexibility index (Phi) is 5.32. The number of hydrogen-bond acceptors (Lipinski definition) is 4. The first-order valence-electron chi connectivity index (χ1n) is 7.06. The van der Waals surface area contributed by atoms with Gasteiger partial charge in [-0.3, -0.25) is 9.59 Å². The zero-order valence-electron chi connectivity index (χ0n) is 12.3. The molecule has 0 aliphatic carbocycles. The third kappa shape index (κ3) is 4.26. The molecule has 0 unspecified atom stereocenters. The predicted molar refractivity (Wildman–Crippen MR) is 78.6 cm³/mol. The van der Waals surface area contributed by atoms with E-state index >= 15 is 0 Å². The minimum atomic E-state index is -3.72. The summed E-state index contributed by atoms with van der Waals surface area (Å²) in [4.78, 5) is 23.7. The zero-order valence-corrected chi connectivity index (χ0v) is 13.1. The van der Waals surface area contributed by atoms with Gasteiger partial charge in [-0.05, 0) is 24.3 Å². The van der Waals surface area contributed by atoms with Gasteiger partial charge in [0.15, 0.2) is 0 Å². The summed E-state index contributed by atoms with van der Waals surface area (Å²) in [6.45, 7) is 0.662. The molecule has 126 valence electrons. The van der Waals surface area contributed by atoms with Crippen molar-refractivity contribution in [3.8, 4) is 0 Å². The first-order valence-corrected chi connectivity index (χ1v) is 8.50. The fraction of sp³-hybridized carbons (Fsp3) is 0.429. The van der Waals surface area contributed by atoms with Crippen molar-refractivity contribution in [2.45, 2.75) is 17.7 Å². The molecule has 1 amide bonds. The Labute approximate surface area is 133 Å². The number of halogens is 1. The lowest BCUT2D eigenvalue weighted by Crippen LogP contribution is -2.50. The summed E-state index contributed by atoms with van der Waals surface area (Å²) >= 11 is 0. The SMILES string of the molecule is O=C(O)CCC(=O)N1CCN(S(=O)(=O)c2ccc(F)cc2)CC1. The molecule has 2 rings (SSSR count). The van der Waals surface area contributed by atoms with E-state index in [1.54, 1.807) is 0 Å². The molecule has 1 aliphatic heterocycles. The maximum Gasteiger partial charge on any atom is 0.303 e. The number of nitrogens with zero attached hydrogens (tertiary/aromatic N) is 2. The number of carbonyl (C=O) groups is 2. The molecule has 1 aromatic carbocycles. The van der Waals surface area contributed by atoms with Crippen molar-refractivity contribution in [2.24, 2.45) is 0 Å². The molecule has 1 N–H and O–H groups in total. The van der Waals surface area contributed by atoms with Crippen LogP contribution in [-0.4, -0.2) is 60.8 Å². The smallest absolute Gasteiger partial charge is 0.303 e. The predicted octanol–water partition coefficient (Wildman–Crippen LogP) is 0.523. The maximum absolute atomic E-state index is 12.9. The summed E-state index contributed by atoms with van der Waals surface area (Å²) in [5.41, 5.74) is 0. The van der Waals surface area contributed by atoms with Gasteiger partial charge in [-0.1, -0.05) is 0 Å². The Morgan fingerprint density at radius 2 is 1.61 bits per heavy atom. The Hall–Kier alpha value is -2.00. The number of sulfonamides is 1. The molecule has 7 nitrogen and oxygen atoms in total. The lowest BCUT2D eigenvalue weighted by molar-refractivity contribution is -0.141. The second-order valence-corrected chi connectivity index (χ2v) is 7.07. The van der Waals surface area contributed by atoms with E-state index in [1.807, 2.05) is 0 Å². The van der Waals surface area contributed by atoms with Gasteiger partial charge in [0, 0.05) is 32.6 Å². The lowest BCUT2D eigenvalue weighted by Gasteiger charge is -2.34. The van der Waals surface area contributed by atoms with Crippen LogP contribution >= 0.6 is 0 Å². The molecule has 1 heterocycles. The van der Waals surface area contributed by atoms with E-state index < -0.39 is 21.8 Å². The summed E-state index contributed by atoms with van der Waals surface area (Å²) in [6.07, 6.45) is -0.340. The van der Waals surface area contributed by atoms with Crippen LogP contribution in [-0.2, 0) is 19.6 Å². The van der Waals surface area contributed by atoms with Crippen molar-refractivity contribution in [1.29, 1.82) is 0 Å². The third-order valence-electron chi connectivity index (χ3n) is 3.60. The van der Waals surface area contributed by atoms with Crippen LogP contribution in [0, 0.1) is 5.82 Å². The second kappa shape index (κ2) is 7.05. The molecule has 0 atom stereocenters. The largest absolute Gasteiger partial charge is 0.481 e. The van der Waals surface area contributed by atoms with Gasteiger partial charge in [0.05, 0.1) is 11.3 Å². The van der Waals surface area contributed by atoms with Gasteiger partial charge in [-0.25, -0.2) is 12.8 Å². The lowest BCUT2D eigenvalue weighted by atomic mass is 10.2. The van der Waals surface area contributed by atoms with E-state index in [4.69, 9.17) is 5.11 Å². The monoisotopic (exact) mass is 344 g/mol. The first-order chi connectivity index (χ1) is 10.8. The summed E-state index contributed by atoms with van der Waals surface area (Å²) in [7, 11) is -3.72. The van der Waals surface area contributed by atoms with E-state index in [-0.39, 0.29) is 49.8 Å². The highest BCUT2D eigenvalue weighted by atomic mass is 32.2. The van der Waals surface area contributed by atoms with Crippen LogP contribution in [0.25, 0.3) is 0 Å². The maximum atomic E-state index is 12.9. The average Bonchev–Trinajstić information content (AvgIpc) is 2.53. The second-order valence-electron chi connectivity index (χ2n) is 5.13. The average molecular weight is 344 g/mol. The van der Waals surface area contributed by atoms with Gasteiger partial charge in [0.25, 0.3) is 0 Å². The Bertz CT molecular complexity index is 682. The molecule has 1 fully saturated rings. The highest BCUT2D eigenvalue weighted by molar-refractivity contribution is 7.89. The van der Waals surface area contributed by atoms with Crippen LogP contribution in [0.5, 0.6) is 0 Å². The normalized spacial score (nSPS) is 16.3. The van der Waals surface area contributed by atoms with Crippen molar-refractivity contribution in [1.82, 2.24) is 9.21 Å². The highest BCUT2D eigenvalue weighted by Crippen LogP contribution is 2.18. The number of carboxylic acid groups (broad SMARTS) is 1. The van der Waals surface area contributed by atoms with Crippen LogP contribution in [0.3, 0.4) is 0 Å². The van der Waals surface area contributed by atoms with Gasteiger partial charge in [0.1, 0.15) is 5.82 Å². The number of piperazine rings is 1. The van der Waals surface area contributed by atoms with E-state index in [1.165, 1.54) is 21.3 Å². The quantitative estimate of drug-likeness (QED) is 0.840. The minimum Gasteiger partial charge on any atom is -0.481 e. The van der Waals surface area contributed by atoms with Crippen molar-refractivity contribution in [3.05, 3.63) is 30.1 Å². The van der Waals surface area contributed by atoms with Crippen molar-refractivity contribution >= 4 is 21.9 Å². The summed E-state index contributed by atoms with van der Waals surface area (Å²) < 4.78 is 39.0. The van der Waals surface area contributed by atoms with Gasteiger partial charge >= 0.3 is 5.97 Å². The van der Waals surface area contributed by atoms with Gasteiger partial charge in [-0.15, -0.1) is 0 Å². The Morgan fingerprint density at radius 1 is 1.04 bits per heavy atom. The van der Waals surface area contributed by atoms with Crippen LogP contribution in [0.4, 0.5) is 4.39 Å². The highest BCUT2D eigenvalue weighted by Gasteiger charge is 2.30. The molecule has 23 heavy (non-hydrogen) atoms. The molecule has 9 heteroatoms. The summed E-state index contributed by atoms with van der Waals surface area (Å²) in [5, 5.41) is 8.57. The minimum absolute atomic E-state index is 0.00422. The summed E-state index contributed by atoms with van der Waals surface area (Å²) in [6, 6.07) is 4.57. The van der Waals surface area contributed by atoms with Crippen LogP contribution < -0.4 is 0 Å². The zero-order chi connectivity index (χ0) is 17.0. The fourth-order valence-electron chi connectivity index (χ4n) is 2.31. The number of rotatable bonds is 5.